The molecule has 138 valence electrons. The van der Waals surface area contributed by atoms with Crippen LogP contribution in [0.2, 0.25) is 0 Å². The number of anilines is 2. The highest BCUT2D eigenvalue weighted by Crippen LogP contribution is 2.30. The lowest BCUT2D eigenvalue weighted by molar-refractivity contribution is 0.0853. The number of benzene rings is 1. The number of aromatic nitrogens is 2. The van der Waals surface area contributed by atoms with Gasteiger partial charge >= 0.3 is 0 Å². The van der Waals surface area contributed by atoms with Gasteiger partial charge < -0.3 is 24.8 Å². The quantitative estimate of drug-likeness (QED) is 0.783. The molecular formula is C18H22N4O4. The number of hydrogen-bond acceptors (Lipinski definition) is 7. The summed E-state index contributed by atoms with van der Waals surface area (Å²) in [5.74, 6) is 1.31. The van der Waals surface area contributed by atoms with Crippen LogP contribution < -0.4 is 20.1 Å². The summed E-state index contributed by atoms with van der Waals surface area (Å²) >= 11 is 0. The van der Waals surface area contributed by atoms with Gasteiger partial charge in [0, 0.05) is 25.4 Å². The number of nitrogens with zero attached hydrogens (tertiary/aromatic N) is 2. The average Bonchev–Trinajstić information content (AvgIpc) is 3.20. The van der Waals surface area contributed by atoms with Crippen LogP contribution in [0.25, 0.3) is 0 Å². The average molecular weight is 358 g/mol. The summed E-state index contributed by atoms with van der Waals surface area (Å²) < 4.78 is 16.0. The molecule has 3 rings (SSSR count). The molecule has 0 radical (unpaired) electrons. The Hall–Kier alpha value is -2.87. The lowest BCUT2D eigenvalue weighted by atomic mass is 10.2. The van der Waals surface area contributed by atoms with Crippen LogP contribution in [0.5, 0.6) is 11.5 Å². The van der Waals surface area contributed by atoms with Gasteiger partial charge in [0.2, 0.25) is 5.95 Å². The number of rotatable bonds is 7. The summed E-state index contributed by atoms with van der Waals surface area (Å²) in [6.07, 6.45) is 3.61. The van der Waals surface area contributed by atoms with Crippen LogP contribution in [0, 0.1) is 0 Å². The van der Waals surface area contributed by atoms with E-state index in [-0.39, 0.29) is 17.7 Å². The van der Waals surface area contributed by atoms with Gasteiger partial charge in [0.15, 0.2) is 0 Å². The van der Waals surface area contributed by atoms with Crippen LogP contribution in [-0.4, -0.2) is 49.4 Å². The lowest BCUT2D eigenvalue weighted by Crippen LogP contribution is -2.32. The summed E-state index contributed by atoms with van der Waals surface area (Å²) in [7, 11) is 3.16. The minimum atomic E-state index is -0.261. The Morgan fingerprint density at radius 2 is 2.19 bits per heavy atom. The van der Waals surface area contributed by atoms with Gasteiger partial charge in [0.05, 0.1) is 26.0 Å². The Labute approximate surface area is 151 Å². The molecular weight excluding hydrogens is 336 g/mol. The van der Waals surface area contributed by atoms with Gasteiger partial charge in [-0.15, -0.1) is 0 Å². The van der Waals surface area contributed by atoms with E-state index in [1.165, 1.54) is 6.20 Å². The highest BCUT2D eigenvalue weighted by molar-refractivity contribution is 5.92. The van der Waals surface area contributed by atoms with Gasteiger partial charge in [-0.05, 0) is 31.0 Å². The van der Waals surface area contributed by atoms with Crippen LogP contribution in [0.15, 0.2) is 30.5 Å². The highest BCUT2D eigenvalue weighted by Gasteiger charge is 2.17. The van der Waals surface area contributed by atoms with Crippen LogP contribution >= 0.6 is 0 Å². The van der Waals surface area contributed by atoms with E-state index in [2.05, 4.69) is 20.6 Å². The molecule has 8 nitrogen and oxygen atoms in total. The zero-order chi connectivity index (χ0) is 18.4. The molecule has 1 aromatic carbocycles. The first kappa shape index (κ1) is 17.9. The molecule has 1 aliphatic rings. The first-order chi connectivity index (χ1) is 12.7. The van der Waals surface area contributed by atoms with Crippen molar-refractivity contribution < 1.29 is 19.0 Å². The Morgan fingerprint density at radius 1 is 1.31 bits per heavy atom. The molecule has 1 aromatic heterocycles. The number of nitrogens with one attached hydrogen (secondary N) is 2. The minimum absolute atomic E-state index is 0.0828. The van der Waals surface area contributed by atoms with Crippen molar-refractivity contribution >= 4 is 17.5 Å². The number of carbonyl (C=O) groups is 1. The standard InChI is InChI=1S/C18H22N4O4/c1-24-12-5-6-16(25-2)15(10-12)22-18-19-8-7-14(21-18)17(23)20-11-13-4-3-9-26-13/h5-8,10,13H,3-4,9,11H2,1-2H3,(H,20,23)(H,19,21,22). The first-order valence-corrected chi connectivity index (χ1v) is 8.41. The van der Waals surface area contributed by atoms with E-state index in [1.54, 1.807) is 38.5 Å². The van der Waals surface area contributed by atoms with E-state index >= 15 is 0 Å². The molecule has 2 aromatic rings. The number of hydrogen-bond donors (Lipinski definition) is 2. The molecule has 26 heavy (non-hydrogen) atoms. The summed E-state index contributed by atoms with van der Waals surface area (Å²) in [6, 6.07) is 6.91. The van der Waals surface area contributed by atoms with Crippen molar-refractivity contribution in [1.29, 1.82) is 0 Å². The highest BCUT2D eigenvalue weighted by atomic mass is 16.5. The van der Waals surface area contributed by atoms with Gasteiger partial charge in [-0.2, -0.15) is 0 Å². The van der Waals surface area contributed by atoms with Gasteiger partial charge in [-0.1, -0.05) is 0 Å². The Bertz CT molecular complexity index is 763. The first-order valence-electron chi connectivity index (χ1n) is 8.41. The Morgan fingerprint density at radius 3 is 2.92 bits per heavy atom. The molecule has 2 N–H and O–H groups in total. The molecule has 1 amide bonds. The molecule has 0 spiro atoms. The third-order valence-corrected chi connectivity index (χ3v) is 4.06. The molecule has 8 heteroatoms. The van der Waals surface area contributed by atoms with Crippen molar-refractivity contribution in [3.05, 3.63) is 36.2 Å². The van der Waals surface area contributed by atoms with E-state index in [1.807, 2.05) is 0 Å². The van der Waals surface area contributed by atoms with E-state index in [9.17, 15) is 4.79 Å². The number of methoxy groups -OCH3 is 2. The lowest BCUT2D eigenvalue weighted by Gasteiger charge is -2.13. The molecule has 1 aliphatic heterocycles. The second kappa shape index (κ2) is 8.48. The van der Waals surface area contributed by atoms with Crippen LogP contribution in [0.3, 0.4) is 0 Å². The third-order valence-electron chi connectivity index (χ3n) is 4.06. The van der Waals surface area contributed by atoms with Crippen molar-refractivity contribution in [2.24, 2.45) is 0 Å². The smallest absolute Gasteiger partial charge is 0.270 e. The summed E-state index contributed by atoms with van der Waals surface area (Å²) in [4.78, 5) is 20.7. The topological polar surface area (TPSA) is 94.6 Å². The fourth-order valence-corrected chi connectivity index (χ4v) is 2.68. The molecule has 1 atom stereocenters. The Kier molecular flexibility index (Phi) is 5.85. The molecule has 1 saturated heterocycles. The van der Waals surface area contributed by atoms with Crippen LogP contribution in [0.1, 0.15) is 23.3 Å². The van der Waals surface area contributed by atoms with E-state index in [4.69, 9.17) is 14.2 Å². The number of ether oxygens (including phenoxy) is 3. The van der Waals surface area contributed by atoms with E-state index < -0.39 is 0 Å². The van der Waals surface area contributed by atoms with E-state index in [0.717, 1.165) is 19.4 Å². The fraction of sp³-hybridized carbons (Fsp3) is 0.389. The normalized spacial score (nSPS) is 16.2. The zero-order valence-corrected chi connectivity index (χ0v) is 14.8. The van der Waals surface area contributed by atoms with Gasteiger partial charge in [-0.3, -0.25) is 4.79 Å². The molecule has 1 unspecified atom stereocenters. The van der Waals surface area contributed by atoms with Crippen molar-refractivity contribution in [1.82, 2.24) is 15.3 Å². The predicted octanol–water partition coefficient (Wildman–Crippen LogP) is 2.15. The summed E-state index contributed by atoms with van der Waals surface area (Å²) in [6.45, 7) is 1.24. The van der Waals surface area contributed by atoms with Crippen LogP contribution in [0.4, 0.5) is 11.6 Å². The third kappa shape index (κ3) is 4.40. The maximum Gasteiger partial charge on any atom is 0.270 e. The van der Waals surface area contributed by atoms with Crippen molar-refractivity contribution in [3.8, 4) is 11.5 Å². The van der Waals surface area contributed by atoms with Gasteiger partial charge in [0.1, 0.15) is 17.2 Å². The molecule has 2 heterocycles. The van der Waals surface area contributed by atoms with Gasteiger partial charge in [0.25, 0.3) is 5.91 Å². The molecule has 0 saturated carbocycles. The maximum atomic E-state index is 12.3. The van der Waals surface area contributed by atoms with Crippen molar-refractivity contribution in [2.45, 2.75) is 18.9 Å². The monoisotopic (exact) mass is 358 g/mol. The number of carbonyl (C=O) groups excluding carboxylic acids is 1. The largest absolute Gasteiger partial charge is 0.497 e. The molecule has 0 aliphatic carbocycles. The van der Waals surface area contributed by atoms with Crippen molar-refractivity contribution in [2.75, 3.05) is 32.7 Å². The second-order valence-corrected chi connectivity index (χ2v) is 5.80. The Balaban J connectivity index is 1.69. The SMILES string of the molecule is COc1ccc(OC)c(Nc2nccc(C(=O)NCC3CCCO3)n2)c1. The molecule has 1 fully saturated rings. The maximum absolute atomic E-state index is 12.3. The summed E-state index contributed by atoms with van der Waals surface area (Å²) in [5.41, 5.74) is 0.922. The minimum Gasteiger partial charge on any atom is -0.497 e. The summed E-state index contributed by atoms with van der Waals surface area (Å²) in [5, 5.41) is 5.90. The van der Waals surface area contributed by atoms with Gasteiger partial charge in [-0.25, -0.2) is 9.97 Å². The predicted molar refractivity (Wildman–Crippen MR) is 96.2 cm³/mol. The van der Waals surface area contributed by atoms with E-state index in [0.29, 0.717) is 29.7 Å². The van der Waals surface area contributed by atoms with Crippen molar-refractivity contribution in [3.63, 3.8) is 0 Å². The second-order valence-electron chi connectivity index (χ2n) is 5.80. The number of amides is 1. The molecule has 0 bridgehead atoms. The fourth-order valence-electron chi connectivity index (χ4n) is 2.68. The zero-order valence-electron chi connectivity index (χ0n) is 14.8. The van der Waals surface area contributed by atoms with Crippen LogP contribution in [-0.2, 0) is 4.74 Å².